The van der Waals surface area contributed by atoms with E-state index in [1.807, 2.05) is 31.2 Å². The van der Waals surface area contributed by atoms with E-state index in [0.29, 0.717) is 18.6 Å². The van der Waals surface area contributed by atoms with Crippen LogP contribution in [0.1, 0.15) is 16.8 Å². The zero-order valence-corrected chi connectivity index (χ0v) is 15.0. The van der Waals surface area contributed by atoms with E-state index in [1.165, 1.54) is 11.1 Å². The lowest BCUT2D eigenvalue weighted by molar-refractivity contribution is 0.256. The maximum atomic E-state index is 4.57. The third kappa shape index (κ3) is 3.65. The predicted molar refractivity (Wildman–Crippen MR) is 105 cm³/mol. The molecule has 4 rings (SSSR count). The SMILES string of the molecule is Cc1ccc(CN2CN=C(Nc3nc(C)c4ccccc4n3)NC2)cc1. The number of benzene rings is 2. The summed E-state index contributed by atoms with van der Waals surface area (Å²) >= 11 is 0. The second kappa shape index (κ2) is 7.09. The number of nitrogens with one attached hydrogen (secondary N) is 2. The molecule has 0 saturated heterocycles. The topological polar surface area (TPSA) is 65.4 Å². The van der Waals surface area contributed by atoms with Gasteiger partial charge in [-0.05, 0) is 25.5 Å². The molecule has 132 valence electrons. The fraction of sp³-hybridized carbons (Fsp3) is 0.250. The number of hydrogen-bond donors (Lipinski definition) is 2. The molecule has 0 fully saturated rings. The smallest absolute Gasteiger partial charge is 0.230 e. The second-order valence-electron chi connectivity index (χ2n) is 6.57. The normalized spacial score (nSPS) is 14.8. The van der Waals surface area contributed by atoms with Gasteiger partial charge in [-0.3, -0.25) is 10.2 Å². The Morgan fingerprint density at radius 3 is 2.62 bits per heavy atom. The number of rotatable bonds is 3. The number of aromatic nitrogens is 2. The van der Waals surface area contributed by atoms with E-state index in [2.05, 4.69) is 61.7 Å². The fourth-order valence-electron chi connectivity index (χ4n) is 3.00. The lowest BCUT2D eigenvalue weighted by atomic mass is 10.1. The van der Waals surface area contributed by atoms with Crippen molar-refractivity contribution in [2.24, 2.45) is 4.99 Å². The molecule has 0 atom stereocenters. The van der Waals surface area contributed by atoms with Gasteiger partial charge < -0.3 is 5.32 Å². The van der Waals surface area contributed by atoms with Crippen molar-refractivity contribution in [3.8, 4) is 0 Å². The zero-order valence-electron chi connectivity index (χ0n) is 15.0. The van der Waals surface area contributed by atoms with Gasteiger partial charge in [0.05, 0.1) is 24.5 Å². The highest BCUT2D eigenvalue weighted by Gasteiger charge is 2.14. The van der Waals surface area contributed by atoms with Gasteiger partial charge in [0.15, 0.2) is 0 Å². The predicted octanol–water partition coefficient (Wildman–Crippen LogP) is 3.03. The maximum absolute atomic E-state index is 4.57. The van der Waals surface area contributed by atoms with Crippen molar-refractivity contribution in [2.45, 2.75) is 20.4 Å². The molecular formula is C20H22N6. The minimum Gasteiger partial charge on any atom is -0.343 e. The molecule has 0 radical (unpaired) electrons. The minimum atomic E-state index is 0.569. The van der Waals surface area contributed by atoms with E-state index in [0.717, 1.165) is 29.8 Å². The molecule has 2 aromatic carbocycles. The van der Waals surface area contributed by atoms with E-state index < -0.39 is 0 Å². The molecule has 1 aromatic heterocycles. The fourth-order valence-corrected chi connectivity index (χ4v) is 3.00. The molecule has 0 bridgehead atoms. The standard InChI is InChI=1S/C20H22N6/c1-14-7-9-16(10-8-14)11-26-12-21-19(22-13-26)25-20-23-15(2)17-5-3-4-6-18(17)24-20/h3-10H,11-13H2,1-2H3,(H2,21,22,23,24,25). The number of guanidine groups is 1. The summed E-state index contributed by atoms with van der Waals surface area (Å²) in [6.07, 6.45) is 0. The van der Waals surface area contributed by atoms with Crippen molar-refractivity contribution < 1.29 is 0 Å². The van der Waals surface area contributed by atoms with Crippen LogP contribution >= 0.6 is 0 Å². The molecule has 1 aliphatic heterocycles. The Morgan fingerprint density at radius 1 is 1.04 bits per heavy atom. The van der Waals surface area contributed by atoms with Crippen LogP contribution < -0.4 is 10.6 Å². The Balaban J connectivity index is 1.42. The van der Waals surface area contributed by atoms with Gasteiger partial charge in [-0.2, -0.15) is 0 Å². The van der Waals surface area contributed by atoms with Gasteiger partial charge in [-0.25, -0.2) is 15.0 Å². The number of aliphatic imine (C=N–C) groups is 1. The molecule has 2 N–H and O–H groups in total. The first-order valence-electron chi connectivity index (χ1n) is 8.74. The summed E-state index contributed by atoms with van der Waals surface area (Å²) in [5.41, 5.74) is 4.45. The molecule has 2 heterocycles. The molecule has 0 unspecified atom stereocenters. The van der Waals surface area contributed by atoms with Gasteiger partial charge in [-0.15, -0.1) is 0 Å². The van der Waals surface area contributed by atoms with E-state index in [4.69, 9.17) is 0 Å². The lowest BCUT2D eigenvalue weighted by Crippen LogP contribution is -2.45. The van der Waals surface area contributed by atoms with Crippen molar-refractivity contribution in [1.29, 1.82) is 0 Å². The van der Waals surface area contributed by atoms with Crippen molar-refractivity contribution in [3.05, 3.63) is 65.4 Å². The van der Waals surface area contributed by atoms with Crippen molar-refractivity contribution in [2.75, 3.05) is 18.7 Å². The largest absolute Gasteiger partial charge is 0.343 e. The van der Waals surface area contributed by atoms with Crippen LogP contribution in [0, 0.1) is 13.8 Å². The van der Waals surface area contributed by atoms with Crippen LogP contribution in [-0.2, 0) is 6.54 Å². The number of nitrogens with zero attached hydrogens (tertiary/aromatic N) is 4. The number of para-hydroxylation sites is 1. The van der Waals surface area contributed by atoms with Crippen LogP contribution in [0.4, 0.5) is 5.95 Å². The number of anilines is 1. The van der Waals surface area contributed by atoms with Crippen LogP contribution in [0.3, 0.4) is 0 Å². The minimum absolute atomic E-state index is 0.569. The third-order valence-electron chi connectivity index (χ3n) is 4.45. The van der Waals surface area contributed by atoms with Crippen LogP contribution in [-0.4, -0.2) is 34.2 Å². The second-order valence-corrected chi connectivity index (χ2v) is 6.57. The number of aryl methyl sites for hydroxylation is 2. The van der Waals surface area contributed by atoms with Crippen molar-refractivity contribution in [1.82, 2.24) is 20.2 Å². The highest BCUT2D eigenvalue weighted by atomic mass is 15.4. The van der Waals surface area contributed by atoms with Gasteiger partial charge in [0.2, 0.25) is 11.9 Å². The van der Waals surface area contributed by atoms with E-state index in [1.54, 1.807) is 0 Å². The zero-order chi connectivity index (χ0) is 17.9. The monoisotopic (exact) mass is 346 g/mol. The third-order valence-corrected chi connectivity index (χ3v) is 4.45. The van der Waals surface area contributed by atoms with E-state index in [9.17, 15) is 0 Å². The van der Waals surface area contributed by atoms with E-state index >= 15 is 0 Å². The van der Waals surface area contributed by atoms with Gasteiger partial charge >= 0.3 is 0 Å². The summed E-state index contributed by atoms with van der Waals surface area (Å²) in [4.78, 5) is 15.9. The Hall–Kier alpha value is -2.99. The summed E-state index contributed by atoms with van der Waals surface area (Å²) in [5.74, 6) is 1.28. The summed E-state index contributed by atoms with van der Waals surface area (Å²) < 4.78 is 0. The molecule has 6 heteroatoms. The van der Waals surface area contributed by atoms with Gasteiger partial charge in [-0.1, -0.05) is 48.0 Å². The molecule has 0 aliphatic carbocycles. The Bertz CT molecular complexity index is 948. The molecule has 0 amide bonds. The molecule has 0 saturated carbocycles. The maximum Gasteiger partial charge on any atom is 0.230 e. The first kappa shape index (κ1) is 16.5. The summed E-state index contributed by atoms with van der Waals surface area (Å²) in [5, 5.41) is 7.57. The van der Waals surface area contributed by atoms with Crippen LogP contribution in [0.15, 0.2) is 53.5 Å². The summed E-state index contributed by atoms with van der Waals surface area (Å²) in [6, 6.07) is 16.6. The molecule has 6 nitrogen and oxygen atoms in total. The summed E-state index contributed by atoms with van der Waals surface area (Å²) in [6.45, 7) is 6.33. The first-order valence-corrected chi connectivity index (χ1v) is 8.74. The van der Waals surface area contributed by atoms with Crippen molar-refractivity contribution in [3.63, 3.8) is 0 Å². The molecular weight excluding hydrogens is 324 g/mol. The quantitative estimate of drug-likeness (QED) is 0.763. The first-order chi connectivity index (χ1) is 12.7. The highest BCUT2D eigenvalue weighted by molar-refractivity contribution is 5.93. The van der Waals surface area contributed by atoms with Crippen LogP contribution in [0.25, 0.3) is 10.9 Å². The van der Waals surface area contributed by atoms with Gasteiger partial charge in [0.25, 0.3) is 0 Å². The summed E-state index contributed by atoms with van der Waals surface area (Å²) in [7, 11) is 0. The van der Waals surface area contributed by atoms with Crippen LogP contribution in [0.2, 0.25) is 0 Å². The average Bonchev–Trinajstić information content (AvgIpc) is 2.65. The molecule has 26 heavy (non-hydrogen) atoms. The lowest BCUT2D eigenvalue weighted by Gasteiger charge is -2.26. The Labute approximate surface area is 153 Å². The van der Waals surface area contributed by atoms with Gasteiger partial charge in [0, 0.05) is 11.9 Å². The number of fused-ring (bicyclic) bond motifs is 1. The molecule has 3 aromatic rings. The van der Waals surface area contributed by atoms with E-state index in [-0.39, 0.29) is 0 Å². The molecule has 0 spiro atoms. The Kier molecular flexibility index (Phi) is 4.50. The Morgan fingerprint density at radius 2 is 1.85 bits per heavy atom. The van der Waals surface area contributed by atoms with Gasteiger partial charge in [0.1, 0.15) is 0 Å². The average molecular weight is 346 g/mol. The van der Waals surface area contributed by atoms with Crippen molar-refractivity contribution >= 4 is 22.8 Å². The van der Waals surface area contributed by atoms with Crippen LogP contribution in [0.5, 0.6) is 0 Å². The highest BCUT2D eigenvalue weighted by Crippen LogP contribution is 2.16. The number of hydrogen-bond acceptors (Lipinski definition) is 6. The molecule has 1 aliphatic rings.